The van der Waals surface area contributed by atoms with E-state index in [1.54, 1.807) is 14.2 Å². The molecule has 68 valence electrons. The van der Waals surface area contributed by atoms with Crippen LogP contribution in [0.15, 0.2) is 0 Å². The van der Waals surface area contributed by atoms with Crippen molar-refractivity contribution in [1.82, 2.24) is 0 Å². The molecule has 0 saturated heterocycles. The molecule has 0 aliphatic rings. The van der Waals surface area contributed by atoms with Gasteiger partial charge in [-0.05, 0) is 6.04 Å². The van der Waals surface area contributed by atoms with Crippen LogP contribution in [0.1, 0.15) is 19.8 Å². The van der Waals surface area contributed by atoms with Crippen molar-refractivity contribution in [2.24, 2.45) is 0 Å². The molecule has 0 heterocycles. The molecule has 1 atom stereocenters. The first-order valence-corrected chi connectivity index (χ1v) is 10.5. The maximum absolute atomic E-state index is 5.26. The Morgan fingerprint density at radius 1 is 1.27 bits per heavy atom. The Bertz CT molecular complexity index is 90.7. The Labute approximate surface area is 77.6 Å². The van der Waals surface area contributed by atoms with Crippen molar-refractivity contribution in [1.29, 1.82) is 0 Å². The second kappa shape index (κ2) is 7.36. The maximum Gasteiger partial charge on any atom is 0.308 e. The van der Waals surface area contributed by atoms with Crippen LogP contribution in [0.4, 0.5) is 0 Å². The van der Waals surface area contributed by atoms with Crippen molar-refractivity contribution < 1.29 is 8.85 Å². The van der Waals surface area contributed by atoms with Gasteiger partial charge in [-0.2, -0.15) is 0 Å². The molecule has 0 rings (SSSR count). The second-order valence-corrected chi connectivity index (χ2v) is 13.7. The van der Waals surface area contributed by atoms with Crippen LogP contribution < -0.4 is 0 Å². The average molecular weight is 210 g/mol. The first-order chi connectivity index (χ1) is 5.26. The van der Waals surface area contributed by atoms with E-state index in [0.29, 0.717) is 0 Å². The molecule has 0 bridgehead atoms. The molecule has 0 aromatic carbocycles. The molecule has 0 aliphatic carbocycles. The summed E-state index contributed by atoms with van der Waals surface area (Å²) in [4.78, 5) is 0. The van der Waals surface area contributed by atoms with E-state index >= 15 is 0 Å². The standard InChI is InChI=1S/C6H18O2SSi2/c1-4-5-6-10(9)11(7-2)8-3/h9-11H,4-6H2,1-3H3. The number of rotatable bonds is 6. The predicted molar refractivity (Wildman–Crippen MR) is 57.0 cm³/mol. The second-order valence-electron chi connectivity index (χ2n) is 2.55. The number of unbranched alkanes of at least 4 members (excludes halogenated alkanes) is 1. The SMILES string of the molecule is CCCC[SiH](S)[SiH](OC)OC. The van der Waals surface area contributed by atoms with Crippen molar-refractivity contribution in [2.75, 3.05) is 14.2 Å². The van der Waals surface area contributed by atoms with Crippen molar-refractivity contribution in [3.05, 3.63) is 0 Å². The fourth-order valence-electron chi connectivity index (χ4n) is 0.960. The number of hydrogen-bond donors (Lipinski definition) is 1. The summed E-state index contributed by atoms with van der Waals surface area (Å²) < 4.78 is 10.5. The third-order valence-electron chi connectivity index (χ3n) is 1.63. The zero-order chi connectivity index (χ0) is 8.69. The molecular weight excluding hydrogens is 192 g/mol. The Morgan fingerprint density at radius 2 is 1.82 bits per heavy atom. The fourth-order valence-corrected chi connectivity index (χ4v) is 9.03. The van der Waals surface area contributed by atoms with Crippen molar-refractivity contribution in [3.8, 4) is 0 Å². The van der Waals surface area contributed by atoms with Crippen LogP contribution in [0.25, 0.3) is 0 Å². The monoisotopic (exact) mass is 210 g/mol. The quantitative estimate of drug-likeness (QED) is 0.521. The molecule has 0 N–H and O–H groups in total. The summed E-state index contributed by atoms with van der Waals surface area (Å²) in [7, 11) is 1.22. The highest BCUT2D eigenvalue weighted by atomic mass is 32.3. The lowest BCUT2D eigenvalue weighted by atomic mass is 10.4. The van der Waals surface area contributed by atoms with E-state index in [4.69, 9.17) is 8.85 Å². The van der Waals surface area contributed by atoms with Gasteiger partial charge in [-0.3, -0.25) is 0 Å². The van der Waals surface area contributed by atoms with Crippen LogP contribution in [0.5, 0.6) is 0 Å². The van der Waals surface area contributed by atoms with Gasteiger partial charge < -0.3 is 8.85 Å². The number of thiol groups is 1. The van der Waals surface area contributed by atoms with Gasteiger partial charge in [0.2, 0.25) is 0 Å². The summed E-state index contributed by atoms with van der Waals surface area (Å²) in [5, 5.41) is 0. The molecule has 0 amide bonds. The molecule has 0 spiro atoms. The van der Waals surface area contributed by atoms with E-state index in [0.717, 1.165) is 0 Å². The van der Waals surface area contributed by atoms with Crippen LogP contribution in [0.3, 0.4) is 0 Å². The molecule has 0 aliphatic heterocycles. The molecule has 1 unspecified atom stereocenters. The Balaban J connectivity index is 3.51. The summed E-state index contributed by atoms with van der Waals surface area (Å²) >= 11 is 4.57. The van der Waals surface area contributed by atoms with Gasteiger partial charge in [-0.1, -0.05) is 19.8 Å². The minimum Gasteiger partial charge on any atom is -0.402 e. The normalized spacial score (nSPS) is 13.9. The minimum atomic E-state index is -1.31. The first kappa shape index (κ1) is 11.7. The average Bonchev–Trinajstić information content (AvgIpc) is 2.03. The highest BCUT2D eigenvalue weighted by Crippen LogP contribution is 2.08. The van der Waals surface area contributed by atoms with Gasteiger partial charge in [0, 0.05) is 14.2 Å². The van der Waals surface area contributed by atoms with E-state index in [1.165, 1.54) is 18.9 Å². The van der Waals surface area contributed by atoms with E-state index in [9.17, 15) is 0 Å². The van der Waals surface area contributed by atoms with Crippen molar-refractivity contribution >= 4 is 28.3 Å². The van der Waals surface area contributed by atoms with Gasteiger partial charge in [0.25, 0.3) is 0 Å². The Kier molecular flexibility index (Phi) is 7.83. The minimum absolute atomic E-state index is 0.946. The lowest BCUT2D eigenvalue weighted by molar-refractivity contribution is 0.297. The fraction of sp³-hybridized carbons (Fsp3) is 1.00. The molecule has 11 heavy (non-hydrogen) atoms. The topological polar surface area (TPSA) is 18.5 Å². The van der Waals surface area contributed by atoms with Gasteiger partial charge in [0.05, 0.1) is 0 Å². The van der Waals surface area contributed by atoms with Gasteiger partial charge >= 0.3 is 8.80 Å². The van der Waals surface area contributed by atoms with Crippen molar-refractivity contribution in [3.63, 3.8) is 0 Å². The summed E-state index contributed by atoms with van der Waals surface area (Å²) in [6, 6.07) is 1.25. The molecule has 0 saturated carbocycles. The summed E-state index contributed by atoms with van der Waals surface area (Å²) in [6.45, 7) is 2.20. The largest absolute Gasteiger partial charge is 0.402 e. The van der Waals surface area contributed by atoms with E-state index in [1.807, 2.05) is 0 Å². The third kappa shape index (κ3) is 5.02. The lowest BCUT2D eigenvalue weighted by Gasteiger charge is -2.15. The van der Waals surface area contributed by atoms with E-state index < -0.39 is 16.3 Å². The molecule has 5 heteroatoms. The van der Waals surface area contributed by atoms with Gasteiger partial charge in [-0.25, -0.2) is 12.1 Å². The summed E-state index contributed by atoms with van der Waals surface area (Å²) in [5.74, 6) is 0. The zero-order valence-electron chi connectivity index (χ0n) is 7.54. The highest BCUT2D eigenvalue weighted by Gasteiger charge is 2.21. The van der Waals surface area contributed by atoms with Crippen LogP contribution in [0, 0.1) is 0 Å². The van der Waals surface area contributed by atoms with Gasteiger partial charge in [0.15, 0.2) is 7.46 Å². The number of hydrogen-bond acceptors (Lipinski definition) is 3. The van der Waals surface area contributed by atoms with Gasteiger partial charge in [0.1, 0.15) is 0 Å². The van der Waals surface area contributed by atoms with Crippen LogP contribution >= 0.6 is 12.1 Å². The highest BCUT2D eigenvalue weighted by molar-refractivity contribution is 8.16. The van der Waals surface area contributed by atoms with E-state index in [-0.39, 0.29) is 0 Å². The van der Waals surface area contributed by atoms with Crippen LogP contribution in [-0.2, 0) is 8.85 Å². The lowest BCUT2D eigenvalue weighted by Crippen LogP contribution is -2.35. The van der Waals surface area contributed by atoms with E-state index in [2.05, 4.69) is 19.0 Å². The van der Waals surface area contributed by atoms with Crippen molar-refractivity contribution in [2.45, 2.75) is 25.8 Å². The smallest absolute Gasteiger partial charge is 0.308 e. The zero-order valence-corrected chi connectivity index (χ0v) is 10.7. The molecule has 0 fully saturated rings. The Hall–Kier alpha value is 0.704. The third-order valence-corrected chi connectivity index (χ3v) is 11.7. The molecule has 0 aromatic rings. The first-order valence-electron chi connectivity index (χ1n) is 3.99. The predicted octanol–water partition coefficient (Wildman–Crippen LogP) is 1.03. The summed E-state index contributed by atoms with van der Waals surface area (Å²) in [6.07, 6.45) is 2.52. The van der Waals surface area contributed by atoms with Crippen LogP contribution in [0.2, 0.25) is 6.04 Å². The molecular formula is C6H18O2SSi2. The Morgan fingerprint density at radius 3 is 2.18 bits per heavy atom. The van der Waals surface area contributed by atoms with Gasteiger partial charge in [-0.15, -0.1) is 0 Å². The summed E-state index contributed by atoms with van der Waals surface area (Å²) in [5.41, 5.74) is 0. The van der Waals surface area contributed by atoms with Crippen LogP contribution in [-0.4, -0.2) is 30.5 Å². The molecule has 2 nitrogen and oxygen atoms in total. The maximum atomic E-state index is 5.26. The molecule has 0 radical (unpaired) electrons. The molecule has 0 aromatic heterocycles.